The van der Waals surface area contributed by atoms with Gasteiger partial charge >= 0.3 is 5.97 Å². The largest absolute Gasteiger partial charge is 0.481 e. The Kier molecular flexibility index (Phi) is 6.53. The SMILES string of the molecule is CC[C@@H](CC(=O)O)NS(=O)(=O)c1ccc(CCc2ccccc2)s1. The molecule has 1 atom stereocenters. The topological polar surface area (TPSA) is 83.5 Å². The van der Waals surface area contributed by atoms with Gasteiger partial charge in [-0.2, -0.15) is 0 Å². The van der Waals surface area contributed by atoms with Crippen molar-refractivity contribution in [1.29, 1.82) is 0 Å². The molecule has 1 heterocycles. The lowest BCUT2D eigenvalue weighted by Crippen LogP contribution is -2.35. The van der Waals surface area contributed by atoms with E-state index in [2.05, 4.69) is 4.72 Å². The van der Waals surface area contributed by atoms with Crippen LogP contribution < -0.4 is 4.72 Å². The first-order valence-corrected chi connectivity index (χ1v) is 10.1. The first kappa shape index (κ1) is 18.6. The quantitative estimate of drug-likeness (QED) is 0.713. The van der Waals surface area contributed by atoms with E-state index in [1.54, 1.807) is 13.0 Å². The summed E-state index contributed by atoms with van der Waals surface area (Å²) in [5.41, 5.74) is 1.21. The Hall–Kier alpha value is -1.70. The van der Waals surface area contributed by atoms with Crippen molar-refractivity contribution in [3.05, 3.63) is 52.9 Å². The third-order valence-corrected chi connectivity index (χ3v) is 6.80. The summed E-state index contributed by atoms with van der Waals surface area (Å²) in [6.45, 7) is 1.76. The molecule has 0 saturated heterocycles. The van der Waals surface area contributed by atoms with Crippen molar-refractivity contribution in [3.8, 4) is 0 Å². The van der Waals surface area contributed by atoms with Gasteiger partial charge in [-0.25, -0.2) is 13.1 Å². The van der Waals surface area contributed by atoms with Gasteiger partial charge in [0.25, 0.3) is 0 Å². The van der Waals surface area contributed by atoms with Crippen LogP contribution in [0, 0.1) is 0 Å². The minimum absolute atomic E-state index is 0.220. The second-order valence-corrected chi connectivity index (χ2v) is 8.64. The summed E-state index contributed by atoms with van der Waals surface area (Å²) in [4.78, 5) is 11.8. The number of thiophene rings is 1. The van der Waals surface area contributed by atoms with Crippen molar-refractivity contribution in [1.82, 2.24) is 4.72 Å². The molecule has 0 spiro atoms. The Bertz CT molecular complexity index is 769. The zero-order valence-corrected chi connectivity index (χ0v) is 15.1. The molecule has 7 heteroatoms. The van der Waals surface area contributed by atoms with Crippen molar-refractivity contribution in [3.63, 3.8) is 0 Å². The summed E-state index contributed by atoms with van der Waals surface area (Å²) >= 11 is 1.23. The summed E-state index contributed by atoms with van der Waals surface area (Å²) in [6, 6.07) is 12.8. The van der Waals surface area contributed by atoms with E-state index in [1.165, 1.54) is 16.9 Å². The number of carboxylic acid groups (broad SMARTS) is 1. The molecule has 2 N–H and O–H groups in total. The molecular weight excluding hydrogens is 346 g/mol. The third-order valence-electron chi connectivity index (χ3n) is 3.64. The van der Waals surface area contributed by atoms with E-state index in [9.17, 15) is 13.2 Å². The first-order chi connectivity index (χ1) is 11.4. The van der Waals surface area contributed by atoms with Crippen molar-refractivity contribution < 1.29 is 18.3 Å². The molecule has 0 radical (unpaired) electrons. The monoisotopic (exact) mass is 367 g/mol. The van der Waals surface area contributed by atoms with Gasteiger partial charge in [-0.1, -0.05) is 37.3 Å². The molecule has 0 fully saturated rings. The molecule has 1 aromatic carbocycles. The fourth-order valence-corrected chi connectivity index (χ4v) is 5.00. The predicted octanol–water partition coefficient (Wildman–Crippen LogP) is 3.06. The van der Waals surface area contributed by atoms with Crippen LogP contribution in [0.1, 0.15) is 30.2 Å². The van der Waals surface area contributed by atoms with E-state index in [0.29, 0.717) is 6.42 Å². The molecule has 0 aliphatic heterocycles. The fourth-order valence-electron chi connectivity index (χ4n) is 2.31. The van der Waals surface area contributed by atoms with Crippen LogP contribution in [-0.2, 0) is 27.7 Å². The van der Waals surface area contributed by atoms with Crippen molar-refractivity contribution in [2.24, 2.45) is 0 Å². The number of rotatable bonds is 9. The maximum Gasteiger partial charge on any atom is 0.304 e. The van der Waals surface area contributed by atoms with E-state index < -0.39 is 22.0 Å². The Labute approximate surface area is 146 Å². The molecule has 1 aromatic heterocycles. The Morgan fingerprint density at radius 2 is 1.88 bits per heavy atom. The summed E-state index contributed by atoms with van der Waals surface area (Å²) in [5.74, 6) is -1.01. The Morgan fingerprint density at radius 1 is 1.17 bits per heavy atom. The summed E-state index contributed by atoms with van der Waals surface area (Å²) in [6.07, 6.45) is 1.83. The molecular formula is C17H21NO4S2. The van der Waals surface area contributed by atoms with Crippen LogP contribution in [0.3, 0.4) is 0 Å². The van der Waals surface area contributed by atoms with E-state index in [0.717, 1.165) is 17.7 Å². The summed E-state index contributed by atoms with van der Waals surface area (Å²) in [5, 5.41) is 8.83. The predicted molar refractivity (Wildman–Crippen MR) is 94.8 cm³/mol. The van der Waals surface area contributed by atoms with Gasteiger partial charge in [0.15, 0.2) is 0 Å². The number of aliphatic carboxylic acids is 1. The van der Waals surface area contributed by atoms with E-state index in [4.69, 9.17) is 5.11 Å². The molecule has 24 heavy (non-hydrogen) atoms. The highest BCUT2D eigenvalue weighted by Gasteiger charge is 2.22. The van der Waals surface area contributed by atoms with Crippen LogP contribution in [0.2, 0.25) is 0 Å². The van der Waals surface area contributed by atoms with Gasteiger partial charge < -0.3 is 5.11 Å². The van der Waals surface area contributed by atoms with Gasteiger partial charge in [-0.15, -0.1) is 11.3 Å². The van der Waals surface area contributed by atoms with Gasteiger partial charge in [0.1, 0.15) is 4.21 Å². The van der Waals surface area contributed by atoms with Crippen LogP contribution in [0.25, 0.3) is 0 Å². The number of carbonyl (C=O) groups is 1. The number of hydrogen-bond acceptors (Lipinski definition) is 4. The van der Waals surface area contributed by atoms with Gasteiger partial charge in [-0.3, -0.25) is 4.79 Å². The van der Waals surface area contributed by atoms with Crippen LogP contribution >= 0.6 is 11.3 Å². The lowest BCUT2D eigenvalue weighted by Gasteiger charge is -2.13. The first-order valence-electron chi connectivity index (χ1n) is 7.77. The highest BCUT2D eigenvalue weighted by molar-refractivity contribution is 7.91. The number of nitrogens with one attached hydrogen (secondary N) is 1. The van der Waals surface area contributed by atoms with Crippen molar-refractivity contribution >= 4 is 27.3 Å². The highest BCUT2D eigenvalue weighted by Crippen LogP contribution is 2.23. The molecule has 0 amide bonds. The van der Waals surface area contributed by atoms with E-state index in [-0.39, 0.29) is 10.6 Å². The molecule has 5 nitrogen and oxygen atoms in total. The minimum Gasteiger partial charge on any atom is -0.481 e. The van der Waals surface area contributed by atoms with Crippen LogP contribution in [0.15, 0.2) is 46.7 Å². The fraction of sp³-hybridized carbons (Fsp3) is 0.353. The van der Waals surface area contributed by atoms with E-state index in [1.807, 2.05) is 36.4 Å². The molecule has 130 valence electrons. The maximum absolute atomic E-state index is 12.4. The molecule has 2 rings (SSSR count). The zero-order valence-electron chi connectivity index (χ0n) is 13.4. The maximum atomic E-state index is 12.4. The Balaban J connectivity index is 2.01. The second-order valence-electron chi connectivity index (χ2n) is 5.53. The molecule has 0 saturated carbocycles. The molecule has 0 aliphatic carbocycles. The number of sulfonamides is 1. The molecule has 0 unspecified atom stereocenters. The zero-order chi connectivity index (χ0) is 17.6. The van der Waals surface area contributed by atoms with Crippen LogP contribution in [0.4, 0.5) is 0 Å². The lowest BCUT2D eigenvalue weighted by molar-refractivity contribution is -0.137. The van der Waals surface area contributed by atoms with Gasteiger partial charge in [0.05, 0.1) is 6.42 Å². The number of aryl methyl sites for hydroxylation is 2. The van der Waals surface area contributed by atoms with E-state index >= 15 is 0 Å². The Morgan fingerprint density at radius 3 is 2.50 bits per heavy atom. The second kappa shape index (κ2) is 8.41. The number of benzene rings is 1. The lowest BCUT2D eigenvalue weighted by atomic mass is 10.1. The minimum atomic E-state index is -3.67. The van der Waals surface area contributed by atoms with Crippen molar-refractivity contribution in [2.75, 3.05) is 0 Å². The highest BCUT2D eigenvalue weighted by atomic mass is 32.2. The third kappa shape index (κ3) is 5.43. The average molecular weight is 367 g/mol. The molecule has 2 aromatic rings. The smallest absolute Gasteiger partial charge is 0.304 e. The van der Waals surface area contributed by atoms with Gasteiger partial charge in [0, 0.05) is 10.9 Å². The summed E-state index contributed by atoms with van der Waals surface area (Å²) in [7, 11) is -3.67. The standard InChI is InChI=1S/C17H21NO4S2/c1-2-14(12-16(19)20)18-24(21,22)17-11-10-15(23-17)9-8-13-6-4-3-5-7-13/h3-7,10-11,14,18H,2,8-9,12H2,1H3,(H,19,20)/t14-/m0/s1. The van der Waals surface area contributed by atoms with Gasteiger partial charge in [0.2, 0.25) is 10.0 Å². The van der Waals surface area contributed by atoms with Crippen LogP contribution in [-0.4, -0.2) is 25.5 Å². The average Bonchev–Trinajstić information content (AvgIpc) is 3.02. The summed E-state index contributed by atoms with van der Waals surface area (Å²) < 4.78 is 27.5. The molecule has 0 bridgehead atoms. The van der Waals surface area contributed by atoms with Crippen LogP contribution in [0.5, 0.6) is 0 Å². The number of hydrogen-bond donors (Lipinski definition) is 2. The molecule has 0 aliphatic rings. The normalized spacial score (nSPS) is 12.9. The van der Waals surface area contributed by atoms with Gasteiger partial charge in [-0.05, 0) is 37.0 Å². The number of carboxylic acids is 1. The van der Waals surface area contributed by atoms with Crippen molar-refractivity contribution in [2.45, 2.75) is 42.9 Å².